The predicted octanol–water partition coefficient (Wildman–Crippen LogP) is 0.940. The van der Waals surface area contributed by atoms with Crippen molar-refractivity contribution in [1.29, 1.82) is 0 Å². The monoisotopic (exact) mass is 289 g/mol. The molecule has 0 radical (unpaired) electrons. The number of aliphatic hydroxyl groups is 2. The van der Waals surface area contributed by atoms with Crippen molar-refractivity contribution >= 4 is 5.91 Å². The van der Waals surface area contributed by atoms with Crippen LogP contribution in [0.2, 0.25) is 0 Å². The summed E-state index contributed by atoms with van der Waals surface area (Å²) in [5, 5.41) is 28.2. The van der Waals surface area contributed by atoms with E-state index < -0.39 is 5.54 Å². The van der Waals surface area contributed by atoms with Crippen molar-refractivity contribution in [1.82, 2.24) is 15.5 Å². The molecule has 0 aliphatic carbocycles. The van der Waals surface area contributed by atoms with Gasteiger partial charge in [0.1, 0.15) is 0 Å². The summed E-state index contributed by atoms with van der Waals surface area (Å²) in [6.07, 6.45) is 1.86. The summed E-state index contributed by atoms with van der Waals surface area (Å²) in [7, 11) is 0. The third-order valence-electron chi connectivity index (χ3n) is 3.61. The van der Waals surface area contributed by atoms with E-state index in [4.69, 9.17) is 0 Å². The largest absolute Gasteiger partial charge is 0.394 e. The van der Waals surface area contributed by atoms with Crippen LogP contribution in [0.3, 0.4) is 0 Å². The van der Waals surface area contributed by atoms with Crippen LogP contribution in [0.25, 0.3) is 11.3 Å². The number of aromatic nitrogens is 2. The molecule has 0 atom stereocenters. The fourth-order valence-electron chi connectivity index (χ4n) is 2.03. The first-order valence-corrected chi connectivity index (χ1v) is 6.79. The first kappa shape index (κ1) is 15.2. The van der Waals surface area contributed by atoms with Gasteiger partial charge in [-0.05, 0) is 6.42 Å². The van der Waals surface area contributed by atoms with E-state index in [2.05, 4.69) is 15.5 Å². The average Bonchev–Trinajstić information content (AvgIpc) is 3.03. The first-order chi connectivity index (χ1) is 10.2. The van der Waals surface area contributed by atoms with Crippen molar-refractivity contribution in [2.75, 3.05) is 13.2 Å². The molecule has 0 unspecified atom stereocenters. The Kier molecular flexibility index (Phi) is 4.72. The Hall–Kier alpha value is -2.18. The van der Waals surface area contributed by atoms with Gasteiger partial charge < -0.3 is 15.5 Å². The fourth-order valence-corrected chi connectivity index (χ4v) is 2.03. The molecule has 1 amide bonds. The molecule has 0 saturated heterocycles. The number of carbonyl (C=O) groups is 1. The smallest absolute Gasteiger partial charge is 0.255 e. The maximum absolute atomic E-state index is 12.4. The van der Waals surface area contributed by atoms with Crippen LogP contribution in [0, 0.1) is 0 Å². The number of aliphatic hydroxyl groups excluding tert-OH is 2. The van der Waals surface area contributed by atoms with Crippen LogP contribution in [-0.4, -0.2) is 45.1 Å². The molecule has 0 fully saturated rings. The van der Waals surface area contributed by atoms with E-state index in [0.717, 1.165) is 5.56 Å². The molecular weight excluding hydrogens is 270 g/mol. The molecule has 6 nitrogen and oxygen atoms in total. The minimum atomic E-state index is -1.03. The van der Waals surface area contributed by atoms with Gasteiger partial charge in [-0.2, -0.15) is 5.10 Å². The molecule has 0 spiro atoms. The zero-order valence-corrected chi connectivity index (χ0v) is 11.8. The van der Waals surface area contributed by atoms with Gasteiger partial charge >= 0.3 is 0 Å². The second-order valence-corrected chi connectivity index (χ2v) is 4.93. The summed E-state index contributed by atoms with van der Waals surface area (Å²) < 4.78 is 0. The lowest BCUT2D eigenvalue weighted by atomic mass is 9.97. The Balaban J connectivity index is 2.28. The summed E-state index contributed by atoms with van der Waals surface area (Å²) in [6.45, 7) is 1.13. The zero-order chi connectivity index (χ0) is 15.3. The summed E-state index contributed by atoms with van der Waals surface area (Å²) in [5.74, 6) is -0.382. The topological polar surface area (TPSA) is 98.2 Å². The number of benzene rings is 1. The SMILES string of the molecule is CCC(CO)(CO)NC(=O)c1cn[nH]c1-c1ccccc1. The molecule has 2 rings (SSSR count). The number of amides is 1. The number of nitrogens with one attached hydrogen (secondary N) is 2. The van der Waals surface area contributed by atoms with E-state index in [1.165, 1.54) is 6.20 Å². The van der Waals surface area contributed by atoms with Crippen LogP contribution in [-0.2, 0) is 0 Å². The highest BCUT2D eigenvalue weighted by Gasteiger charge is 2.30. The lowest BCUT2D eigenvalue weighted by Crippen LogP contribution is -2.53. The highest BCUT2D eigenvalue weighted by Crippen LogP contribution is 2.21. The highest BCUT2D eigenvalue weighted by atomic mass is 16.3. The average molecular weight is 289 g/mol. The number of nitrogens with zero attached hydrogens (tertiary/aromatic N) is 1. The van der Waals surface area contributed by atoms with Gasteiger partial charge in [-0.1, -0.05) is 37.3 Å². The van der Waals surface area contributed by atoms with Gasteiger partial charge in [0.05, 0.1) is 36.2 Å². The Bertz CT molecular complexity index is 583. The van der Waals surface area contributed by atoms with E-state index in [9.17, 15) is 15.0 Å². The Morgan fingerprint density at radius 3 is 2.52 bits per heavy atom. The van der Waals surface area contributed by atoms with Gasteiger partial charge in [-0.3, -0.25) is 9.89 Å². The molecule has 1 heterocycles. The maximum Gasteiger partial charge on any atom is 0.255 e. The quantitative estimate of drug-likeness (QED) is 0.636. The molecule has 0 aliphatic rings. The number of hydrogen-bond acceptors (Lipinski definition) is 4. The van der Waals surface area contributed by atoms with Crippen molar-refractivity contribution in [3.05, 3.63) is 42.1 Å². The van der Waals surface area contributed by atoms with Gasteiger partial charge in [0.2, 0.25) is 0 Å². The molecule has 112 valence electrons. The highest BCUT2D eigenvalue weighted by molar-refractivity contribution is 6.00. The molecular formula is C15H19N3O3. The van der Waals surface area contributed by atoms with Gasteiger partial charge in [0.25, 0.3) is 5.91 Å². The number of aromatic amines is 1. The van der Waals surface area contributed by atoms with Crippen LogP contribution in [0.4, 0.5) is 0 Å². The van der Waals surface area contributed by atoms with Crippen LogP contribution in [0.15, 0.2) is 36.5 Å². The number of hydrogen-bond donors (Lipinski definition) is 4. The molecule has 1 aromatic carbocycles. The first-order valence-electron chi connectivity index (χ1n) is 6.79. The predicted molar refractivity (Wildman–Crippen MR) is 78.7 cm³/mol. The van der Waals surface area contributed by atoms with Crippen LogP contribution in [0.5, 0.6) is 0 Å². The lowest BCUT2D eigenvalue weighted by Gasteiger charge is -2.29. The van der Waals surface area contributed by atoms with Crippen molar-refractivity contribution in [3.8, 4) is 11.3 Å². The number of rotatable bonds is 6. The third kappa shape index (κ3) is 3.12. The van der Waals surface area contributed by atoms with E-state index in [0.29, 0.717) is 17.7 Å². The van der Waals surface area contributed by atoms with Crippen molar-refractivity contribution in [2.24, 2.45) is 0 Å². The normalized spacial score (nSPS) is 11.4. The third-order valence-corrected chi connectivity index (χ3v) is 3.61. The molecule has 4 N–H and O–H groups in total. The van der Waals surface area contributed by atoms with E-state index in [1.807, 2.05) is 30.3 Å². The molecule has 0 aliphatic heterocycles. The maximum atomic E-state index is 12.4. The lowest BCUT2D eigenvalue weighted by molar-refractivity contribution is 0.0653. The standard InChI is InChI=1S/C15H19N3O3/c1-2-15(9-19,10-20)17-14(21)12-8-16-18-13(12)11-6-4-3-5-7-11/h3-8,19-20H,2,9-10H2,1H3,(H,16,18)(H,17,21). The molecule has 2 aromatic rings. The van der Waals surface area contributed by atoms with Crippen LogP contribution in [0.1, 0.15) is 23.7 Å². The Labute approximate surface area is 122 Å². The number of H-pyrrole nitrogens is 1. The van der Waals surface area contributed by atoms with Gasteiger partial charge in [-0.15, -0.1) is 0 Å². The minimum Gasteiger partial charge on any atom is -0.394 e. The molecule has 0 bridgehead atoms. The molecule has 1 aromatic heterocycles. The van der Waals surface area contributed by atoms with E-state index >= 15 is 0 Å². The van der Waals surface area contributed by atoms with Crippen molar-refractivity contribution in [2.45, 2.75) is 18.9 Å². The molecule has 21 heavy (non-hydrogen) atoms. The second kappa shape index (κ2) is 6.51. The molecule has 0 saturated carbocycles. The second-order valence-electron chi connectivity index (χ2n) is 4.93. The van der Waals surface area contributed by atoms with Crippen LogP contribution >= 0.6 is 0 Å². The van der Waals surface area contributed by atoms with Crippen LogP contribution < -0.4 is 5.32 Å². The Morgan fingerprint density at radius 1 is 1.29 bits per heavy atom. The van der Waals surface area contributed by atoms with Gasteiger partial charge in [-0.25, -0.2) is 0 Å². The fraction of sp³-hybridized carbons (Fsp3) is 0.333. The Morgan fingerprint density at radius 2 is 1.95 bits per heavy atom. The van der Waals surface area contributed by atoms with Gasteiger partial charge in [0.15, 0.2) is 0 Å². The summed E-state index contributed by atoms with van der Waals surface area (Å²) in [5.41, 5.74) is 0.799. The van der Waals surface area contributed by atoms with Crippen molar-refractivity contribution in [3.63, 3.8) is 0 Å². The minimum absolute atomic E-state index is 0.329. The van der Waals surface area contributed by atoms with Gasteiger partial charge in [0, 0.05) is 5.56 Å². The van der Waals surface area contributed by atoms with E-state index in [-0.39, 0.29) is 19.1 Å². The summed E-state index contributed by atoms with van der Waals surface area (Å²) in [4.78, 5) is 12.4. The van der Waals surface area contributed by atoms with E-state index in [1.54, 1.807) is 6.92 Å². The summed E-state index contributed by atoms with van der Waals surface area (Å²) in [6, 6.07) is 9.37. The molecule has 6 heteroatoms. The van der Waals surface area contributed by atoms with Crippen molar-refractivity contribution < 1.29 is 15.0 Å². The number of carbonyl (C=O) groups excluding carboxylic acids is 1. The zero-order valence-electron chi connectivity index (χ0n) is 11.8. The summed E-state index contributed by atoms with van der Waals surface area (Å²) >= 11 is 0.